The van der Waals surface area contributed by atoms with Gasteiger partial charge in [0, 0.05) is 26.2 Å². The maximum absolute atomic E-state index is 11.1. The minimum absolute atomic E-state index is 0.142. The Kier molecular flexibility index (Phi) is 11.7. The van der Waals surface area contributed by atoms with E-state index in [1.807, 2.05) is 0 Å². The second-order valence-corrected chi connectivity index (χ2v) is 9.40. The fraction of sp³-hybridized carbons (Fsp3) is 0.750. The number of nitrogens with zero attached hydrogens (tertiary/aromatic N) is 3. The third-order valence-electron chi connectivity index (χ3n) is 3.31. The van der Waals surface area contributed by atoms with Gasteiger partial charge in [-0.15, -0.1) is 0 Å². The van der Waals surface area contributed by atoms with Crippen molar-refractivity contribution in [3.63, 3.8) is 0 Å². The van der Waals surface area contributed by atoms with Crippen LogP contribution in [-0.4, -0.2) is 126 Å². The maximum Gasteiger partial charge on any atom is 0.339 e. The molecular weight excluding hydrogens is 440 g/mol. The third kappa shape index (κ3) is 17.2. The summed E-state index contributed by atoms with van der Waals surface area (Å²) in [6.07, 6.45) is -1.72. The van der Waals surface area contributed by atoms with Crippen molar-refractivity contribution in [3.8, 4) is 0 Å². The molecule has 0 aliphatic heterocycles. The molecule has 170 valence electrons. The lowest BCUT2D eigenvalue weighted by Gasteiger charge is -2.28. The Labute approximate surface area is 165 Å². The predicted molar refractivity (Wildman–Crippen MR) is 96.3 cm³/mol. The van der Waals surface area contributed by atoms with Gasteiger partial charge in [-0.2, -0.15) is 0 Å². The van der Waals surface area contributed by atoms with Crippen LogP contribution in [0.3, 0.4) is 0 Å². The molecule has 0 bridgehead atoms. The second kappa shape index (κ2) is 12.3. The minimum atomic E-state index is -4.57. The smallest absolute Gasteiger partial charge is 0.339 e. The molecule has 0 fully saturated rings. The van der Waals surface area contributed by atoms with Crippen LogP contribution in [-0.2, 0) is 23.5 Å². The monoisotopic (exact) mass is 465 g/mol. The molecule has 0 rings (SSSR count). The number of carbonyl (C=O) groups is 3. The van der Waals surface area contributed by atoms with Crippen molar-refractivity contribution in [2.24, 2.45) is 0 Å². The molecule has 0 aromatic rings. The molecule has 0 atom stereocenters. The zero-order valence-corrected chi connectivity index (χ0v) is 17.1. The fourth-order valence-corrected chi connectivity index (χ4v) is 3.86. The first-order valence-electron chi connectivity index (χ1n) is 7.99. The molecule has 0 aromatic carbocycles. The number of hydrogen-bond acceptors (Lipinski definition) is 8. The molecule has 0 spiro atoms. The minimum Gasteiger partial charge on any atom is -0.480 e. The van der Waals surface area contributed by atoms with Gasteiger partial charge in [0.1, 0.15) is 12.6 Å². The molecule has 0 aromatic heterocycles. The molecular formula is C12H25N3O12P2. The van der Waals surface area contributed by atoms with Crippen LogP contribution in [0.2, 0.25) is 0 Å². The van der Waals surface area contributed by atoms with Crippen molar-refractivity contribution in [2.75, 3.05) is 58.4 Å². The van der Waals surface area contributed by atoms with Gasteiger partial charge in [0.25, 0.3) is 0 Å². The molecule has 0 unspecified atom stereocenters. The lowest BCUT2D eigenvalue weighted by Crippen LogP contribution is -2.44. The summed E-state index contributed by atoms with van der Waals surface area (Å²) in [5, 5.41) is 26.6. The Morgan fingerprint density at radius 2 is 0.793 bits per heavy atom. The fourth-order valence-electron chi connectivity index (χ4n) is 2.33. The van der Waals surface area contributed by atoms with E-state index in [2.05, 4.69) is 0 Å². The van der Waals surface area contributed by atoms with Crippen molar-refractivity contribution in [1.29, 1.82) is 0 Å². The highest BCUT2D eigenvalue weighted by molar-refractivity contribution is 7.51. The van der Waals surface area contributed by atoms with Gasteiger partial charge in [-0.05, 0) is 0 Å². The Morgan fingerprint density at radius 3 is 1.03 bits per heavy atom. The van der Waals surface area contributed by atoms with Crippen molar-refractivity contribution in [3.05, 3.63) is 0 Å². The number of carboxylic acid groups (broad SMARTS) is 3. The Balaban J connectivity index is 5.05. The van der Waals surface area contributed by atoms with Gasteiger partial charge >= 0.3 is 33.1 Å². The number of hydrogen-bond donors (Lipinski definition) is 7. The molecule has 0 heterocycles. The topological polar surface area (TPSA) is 237 Å². The van der Waals surface area contributed by atoms with Crippen LogP contribution in [0.4, 0.5) is 0 Å². The van der Waals surface area contributed by atoms with Gasteiger partial charge in [-0.1, -0.05) is 0 Å². The average molecular weight is 465 g/mol. The first-order valence-corrected chi connectivity index (χ1v) is 11.6. The zero-order valence-electron chi connectivity index (χ0n) is 15.3. The highest BCUT2D eigenvalue weighted by Crippen LogP contribution is 2.35. The van der Waals surface area contributed by atoms with Crippen LogP contribution >= 0.6 is 15.2 Å². The normalized spacial score (nSPS) is 12.7. The van der Waals surface area contributed by atoms with E-state index in [1.165, 1.54) is 4.90 Å². The summed E-state index contributed by atoms with van der Waals surface area (Å²) in [5.74, 6) is -3.97. The van der Waals surface area contributed by atoms with E-state index in [0.717, 1.165) is 9.80 Å². The highest BCUT2D eigenvalue weighted by atomic mass is 31.2. The van der Waals surface area contributed by atoms with E-state index in [9.17, 15) is 23.5 Å². The van der Waals surface area contributed by atoms with Gasteiger partial charge in [0.05, 0.1) is 19.6 Å². The summed E-state index contributed by atoms with van der Waals surface area (Å²) >= 11 is 0. The standard InChI is InChI=1S/C12H25N3O12P2/c16-10(17)5-13(1-3-14(6-11(18)19)8-28(22,23)24)2-4-15(7-12(20)21)9-29(25,26)27/h1-9H2,(H,16,17)(H,18,19)(H,20,21)(H2,22,23,24)(H2,25,26,27). The maximum atomic E-state index is 11.1. The molecule has 0 amide bonds. The van der Waals surface area contributed by atoms with Crippen LogP contribution in [0.25, 0.3) is 0 Å². The van der Waals surface area contributed by atoms with Gasteiger partial charge in [0.15, 0.2) is 0 Å². The highest BCUT2D eigenvalue weighted by Gasteiger charge is 2.24. The zero-order chi connectivity index (χ0) is 22.8. The number of aliphatic carboxylic acids is 3. The predicted octanol–water partition coefficient (Wildman–Crippen LogP) is -2.58. The summed E-state index contributed by atoms with van der Waals surface area (Å²) in [7, 11) is -9.14. The summed E-state index contributed by atoms with van der Waals surface area (Å²) < 4.78 is 22.2. The molecule has 7 N–H and O–H groups in total. The molecule has 0 saturated carbocycles. The Hall–Kier alpha value is -1.41. The van der Waals surface area contributed by atoms with Crippen molar-refractivity contribution in [2.45, 2.75) is 0 Å². The molecule has 0 aliphatic carbocycles. The number of rotatable bonds is 16. The van der Waals surface area contributed by atoms with Crippen molar-refractivity contribution < 1.29 is 58.4 Å². The average Bonchev–Trinajstić information content (AvgIpc) is 2.44. The van der Waals surface area contributed by atoms with Crippen LogP contribution < -0.4 is 0 Å². The van der Waals surface area contributed by atoms with Crippen LogP contribution in [0.15, 0.2) is 0 Å². The molecule has 0 radical (unpaired) electrons. The Bertz CT molecular complexity index is 615. The lowest BCUT2D eigenvalue weighted by atomic mass is 10.4. The van der Waals surface area contributed by atoms with Crippen LogP contribution in [0.1, 0.15) is 0 Å². The van der Waals surface area contributed by atoms with Crippen molar-refractivity contribution >= 4 is 33.1 Å². The van der Waals surface area contributed by atoms with E-state index >= 15 is 0 Å². The van der Waals surface area contributed by atoms with E-state index in [0.29, 0.717) is 0 Å². The van der Waals surface area contributed by atoms with E-state index in [4.69, 9.17) is 34.9 Å². The largest absolute Gasteiger partial charge is 0.480 e. The molecule has 29 heavy (non-hydrogen) atoms. The van der Waals surface area contributed by atoms with E-state index < -0.39 is 65.3 Å². The molecule has 0 saturated heterocycles. The quantitative estimate of drug-likeness (QED) is 0.116. The molecule has 17 heteroatoms. The Morgan fingerprint density at radius 1 is 0.552 bits per heavy atom. The summed E-state index contributed by atoms with van der Waals surface area (Å²) in [4.78, 5) is 71.8. The lowest BCUT2D eigenvalue weighted by molar-refractivity contribution is -0.140. The summed E-state index contributed by atoms with van der Waals surface area (Å²) in [6, 6.07) is 0. The van der Waals surface area contributed by atoms with Gasteiger partial charge in [0.2, 0.25) is 0 Å². The first kappa shape index (κ1) is 27.6. The second-order valence-electron chi connectivity index (χ2n) is 6.17. The SMILES string of the molecule is O=C(O)CN(CCN(CC(=O)O)CP(=O)(O)O)CCN(CC(=O)O)CP(=O)(O)O. The molecule has 0 aliphatic rings. The molecule has 15 nitrogen and oxygen atoms in total. The van der Waals surface area contributed by atoms with Crippen LogP contribution in [0.5, 0.6) is 0 Å². The van der Waals surface area contributed by atoms with Gasteiger partial charge < -0.3 is 34.9 Å². The third-order valence-corrected chi connectivity index (χ3v) is 4.85. The van der Waals surface area contributed by atoms with Crippen molar-refractivity contribution in [1.82, 2.24) is 14.7 Å². The number of carboxylic acids is 3. The summed E-state index contributed by atoms with van der Waals surface area (Å²) in [6.45, 7) is -2.69. The van der Waals surface area contributed by atoms with Gasteiger partial charge in [-0.3, -0.25) is 38.2 Å². The van der Waals surface area contributed by atoms with E-state index in [-0.39, 0.29) is 26.2 Å². The van der Waals surface area contributed by atoms with Gasteiger partial charge in [-0.25, -0.2) is 0 Å². The van der Waals surface area contributed by atoms with E-state index in [1.54, 1.807) is 0 Å². The van der Waals surface area contributed by atoms with Crippen LogP contribution in [0, 0.1) is 0 Å². The first-order chi connectivity index (χ1) is 13.1. The summed E-state index contributed by atoms with van der Waals surface area (Å²) in [5.41, 5.74) is 0.